The van der Waals surface area contributed by atoms with Gasteiger partial charge in [-0.25, -0.2) is 0 Å². The molecule has 5 heteroatoms. The zero-order chi connectivity index (χ0) is 13.1. The lowest BCUT2D eigenvalue weighted by atomic mass is 10.0. The molecule has 0 amide bonds. The second-order valence-corrected chi connectivity index (χ2v) is 3.41. The molecule has 0 aromatic heterocycles. The van der Waals surface area contributed by atoms with Crippen LogP contribution in [0.25, 0.3) is 0 Å². The molecule has 94 valence electrons. The summed E-state index contributed by atoms with van der Waals surface area (Å²) in [6.45, 7) is 3.58. The second kappa shape index (κ2) is 5.21. The number of ketones is 1. The molecule has 0 heterocycles. The van der Waals surface area contributed by atoms with Gasteiger partial charge in [-0.05, 0) is 25.1 Å². The van der Waals surface area contributed by atoms with E-state index in [9.17, 15) is 18.0 Å². The van der Waals surface area contributed by atoms with Gasteiger partial charge >= 0.3 is 6.18 Å². The van der Waals surface area contributed by atoms with Gasteiger partial charge in [-0.1, -0.05) is 6.92 Å². The minimum Gasteiger partial charge on any atom is -0.494 e. The summed E-state index contributed by atoms with van der Waals surface area (Å²) in [7, 11) is 0. The average molecular weight is 246 g/mol. The SMILES string of the molecule is CCOc1ccc(C(F)(F)F)c(C(=O)CC)c1. The van der Waals surface area contributed by atoms with Gasteiger partial charge in [0.15, 0.2) is 5.78 Å². The largest absolute Gasteiger partial charge is 0.494 e. The van der Waals surface area contributed by atoms with E-state index >= 15 is 0 Å². The van der Waals surface area contributed by atoms with Crippen LogP contribution in [0, 0.1) is 0 Å². The van der Waals surface area contributed by atoms with E-state index < -0.39 is 17.5 Å². The Morgan fingerprint density at radius 1 is 1.29 bits per heavy atom. The van der Waals surface area contributed by atoms with Crippen LogP contribution in [-0.2, 0) is 6.18 Å². The van der Waals surface area contributed by atoms with Crippen molar-refractivity contribution in [3.63, 3.8) is 0 Å². The van der Waals surface area contributed by atoms with Crippen LogP contribution in [0.15, 0.2) is 18.2 Å². The average Bonchev–Trinajstić information content (AvgIpc) is 2.27. The molecule has 0 aliphatic rings. The summed E-state index contributed by atoms with van der Waals surface area (Å²) in [6.07, 6.45) is -4.50. The summed E-state index contributed by atoms with van der Waals surface area (Å²) >= 11 is 0. The number of halogens is 3. The molecule has 0 saturated carbocycles. The van der Waals surface area contributed by atoms with Gasteiger partial charge in [0.25, 0.3) is 0 Å². The summed E-state index contributed by atoms with van der Waals surface area (Å²) in [6, 6.07) is 3.25. The number of benzene rings is 1. The van der Waals surface area contributed by atoms with Gasteiger partial charge < -0.3 is 4.74 Å². The van der Waals surface area contributed by atoms with Crippen molar-refractivity contribution in [1.82, 2.24) is 0 Å². The van der Waals surface area contributed by atoms with Crippen LogP contribution in [0.4, 0.5) is 13.2 Å². The molecule has 1 rings (SSSR count). The lowest BCUT2D eigenvalue weighted by molar-refractivity contribution is -0.137. The zero-order valence-electron chi connectivity index (χ0n) is 9.60. The minimum absolute atomic E-state index is 0.0264. The van der Waals surface area contributed by atoms with Crippen LogP contribution in [0.1, 0.15) is 36.2 Å². The number of hydrogen-bond donors (Lipinski definition) is 0. The molecule has 0 saturated heterocycles. The van der Waals surface area contributed by atoms with E-state index in [2.05, 4.69) is 0 Å². The second-order valence-electron chi connectivity index (χ2n) is 3.41. The highest BCUT2D eigenvalue weighted by Gasteiger charge is 2.34. The van der Waals surface area contributed by atoms with Crippen LogP contribution >= 0.6 is 0 Å². The quantitative estimate of drug-likeness (QED) is 0.757. The van der Waals surface area contributed by atoms with Crippen LogP contribution in [0.5, 0.6) is 5.75 Å². The Morgan fingerprint density at radius 3 is 2.41 bits per heavy atom. The first-order valence-corrected chi connectivity index (χ1v) is 5.27. The molecule has 0 fully saturated rings. The summed E-state index contributed by atoms with van der Waals surface area (Å²) in [5.74, 6) is -0.267. The molecule has 2 nitrogen and oxygen atoms in total. The van der Waals surface area contributed by atoms with Gasteiger partial charge in [0.2, 0.25) is 0 Å². The van der Waals surface area contributed by atoms with E-state index in [1.807, 2.05) is 0 Å². The number of alkyl halides is 3. The summed E-state index contributed by atoms with van der Waals surface area (Å²) in [4.78, 5) is 11.5. The molecule has 0 atom stereocenters. The maximum Gasteiger partial charge on any atom is 0.417 e. The maximum absolute atomic E-state index is 12.7. The molecule has 1 aromatic rings. The molecular formula is C12H13F3O2. The normalized spacial score (nSPS) is 11.4. The molecule has 0 bridgehead atoms. The van der Waals surface area contributed by atoms with Crippen LogP contribution in [0.2, 0.25) is 0 Å². The number of rotatable bonds is 4. The van der Waals surface area contributed by atoms with E-state index in [-0.39, 0.29) is 17.7 Å². The van der Waals surface area contributed by atoms with E-state index in [0.29, 0.717) is 6.61 Å². The van der Waals surface area contributed by atoms with Gasteiger partial charge in [0.05, 0.1) is 12.2 Å². The van der Waals surface area contributed by atoms with E-state index in [1.54, 1.807) is 6.92 Å². The topological polar surface area (TPSA) is 26.3 Å². The van der Waals surface area contributed by atoms with Crippen molar-refractivity contribution in [2.24, 2.45) is 0 Å². The summed E-state index contributed by atoms with van der Waals surface area (Å²) < 4.78 is 43.1. The van der Waals surface area contributed by atoms with Crippen LogP contribution < -0.4 is 4.74 Å². The van der Waals surface area contributed by atoms with Crippen molar-refractivity contribution < 1.29 is 22.7 Å². The molecule has 0 spiro atoms. The number of Topliss-reactive ketones (excluding diaryl/α,β-unsaturated/α-hetero) is 1. The Kier molecular flexibility index (Phi) is 4.15. The molecule has 0 N–H and O–H groups in total. The fraction of sp³-hybridized carbons (Fsp3) is 0.417. The maximum atomic E-state index is 12.7. The monoisotopic (exact) mass is 246 g/mol. The Morgan fingerprint density at radius 2 is 1.94 bits per heavy atom. The first kappa shape index (κ1) is 13.5. The van der Waals surface area contributed by atoms with Crippen molar-refractivity contribution in [3.05, 3.63) is 29.3 Å². The van der Waals surface area contributed by atoms with Crippen molar-refractivity contribution in [3.8, 4) is 5.75 Å². The van der Waals surface area contributed by atoms with E-state index in [4.69, 9.17) is 4.74 Å². The predicted octanol–water partition coefficient (Wildman–Crippen LogP) is 3.70. The van der Waals surface area contributed by atoms with Crippen molar-refractivity contribution >= 4 is 5.78 Å². The molecular weight excluding hydrogens is 233 g/mol. The Hall–Kier alpha value is -1.52. The zero-order valence-corrected chi connectivity index (χ0v) is 9.60. The van der Waals surface area contributed by atoms with Crippen LogP contribution in [0.3, 0.4) is 0 Å². The summed E-state index contributed by atoms with van der Waals surface area (Å²) in [5.41, 5.74) is -1.24. The number of carbonyl (C=O) groups excluding carboxylic acids is 1. The highest BCUT2D eigenvalue weighted by atomic mass is 19.4. The van der Waals surface area contributed by atoms with Gasteiger partial charge in [-0.15, -0.1) is 0 Å². The third-order valence-corrected chi connectivity index (χ3v) is 2.23. The van der Waals surface area contributed by atoms with Gasteiger partial charge in [-0.2, -0.15) is 13.2 Å². The van der Waals surface area contributed by atoms with Crippen molar-refractivity contribution in [1.29, 1.82) is 0 Å². The number of ether oxygens (including phenoxy) is 1. The minimum atomic E-state index is -4.52. The Balaban J connectivity index is 3.27. The third-order valence-electron chi connectivity index (χ3n) is 2.23. The van der Waals surface area contributed by atoms with Gasteiger partial charge in [0, 0.05) is 12.0 Å². The highest BCUT2D eigenvalue weighted by molar-refractivity contribution is 5.97. The molecule has 0 radical (unpaired) electrons. The first-order valence-electron chi connectivity index (χ1n) is 5.27. The Labute approximate surface area is 97.4 Å². The lowest BCUT2D eigenvalue weighted by Crippen LogP contribution is -2.13. The summed E-state index contributed by atoms with van der Waals surface area (Å²) in [5, 5.41) is 0. The predicted molar refractivity (Wildman–Crippen MR) is 57.2 cm³/mol. The molecule has 0 unspecified atom stereocenters. The van der Waals surface area contributed by atoms with Gasteiger partial charge in [-0.3, -0.25) is 4.79 Å². The molecule has 17 heavy (non-hydrogen) atoms. The number of hydrogen-bond acceptors (Lipinski definition) is 2. The fourth-order valence-corrected chi connectivity index (χ4v) is 1.45. The molecule has 0 aliphatic heterocycles. The highest BCUT2D eigenvalue weighted by Crippen LogP contribution is 2.34. The third kappa shape index (κ3) is 3.22. The lowest BCUT2D eigenvalue weighted by Gasteiger charge is -2.13. The number of carbonyl (C=O) groups is 1. The smallest absolute Gasteiger partial charge is 0.417 e. The van der Waals surface area contributed by atoms with Crippen LogP contribution in [-0.4, -0.2) is 12.4 Å². The Bertz CT molecular complexity index is 411. The molecule has 1 aromatic carbocycles. The molecule has 0 aliphatic carbocycles. The van der Waals surface area contributed by atoms with Gasteiger partial charge in [0.1, 0.15) is 5.75 Å². The standard InChI is InChI=1S/C12H13F3O2/c1-3-11(16)9-7-8(17-4-2)5-6-10(9)12(13,14)15/h5-7H,3-4H2,1-2H3. The fourth-order valence-electron chi connectivity index (χ4n) is 1.45. The van der Waals surface area contributed by atoms with E-state index in [0.717, 1.165) is 12.1 Å². The van der Waals surface area contributed by atoms with Crippen molar-refractivity contribution in [2.75, 3.05) is 6.61 Å². The van der Waals surface area contributed by atoms with E-state index in [1.165, 1.54) is 13.0 Å². The van der Waals surface area contributed by atoms with Crippen molar-refractivity contribution in [2.45, 2.75) is 26.4 Å². The first-order chi connectivity index (χ1) is 7.90.